The van der Waals surface area contributed by atoms with E-state index in [1.54, 1.807) is 6.20 Å². The van der Waals surface area contributed by atoms with E-state index in [0.717, 1.165) is 30.0 Å². The van der Waals surface area contributed by atoms with E-state index < -0.39 is 0 Å². The summed E-state index contributed by atoms with van der Waals surface area (Å²) < 4.78 is 13.9. The Balaban J connectivity index is 2.15. The van der Waals surface area contributed by atoms with Crippen molar-refractivity contribution in [2.24, 2.45) is 0 Å². The molecule has 0 aliphatic carbocycles. The maximum Gasteiger partial charge on any atom is 0.146 e. The van der Waals surface area contributed by atoms with Crippen LogP contribution in [-0.4, -0.2) is 34.0 Å². The lowest BCUT2D eigenvalue weighted by Crippen LogP contribution is -2.34. The number of pyridine rings is 1. The van der Waals surface area contributed by atoms with Crippen LogP contribution in [-0.2, 0) is 0 Å². The van der Waals surface area contributed by atoms with Gasteiger partial charge < -0.3 is 5.32 Å². The van der Waals surface area contributed by atoms with E-state index >= 15 is 0 Å². The first kappa shape index (κ1) is 14.2. The largest absolute Gasteiger partial charge is 0.309 e. The SMILES string of the molecule is CCCNC(c1ccncc1F)C1CSCCS1. The van der Waals surface area contributed by atoms with Crippen LogP contribution in [0.3, 0.4) is 0 Å². The maximum atomic E-state index is 13.9. The van der Waals surface area contributed by atoms with E-state index in [1.165, 1.54) is 11.9 Å². The number of rotatable bonds is 5. The monoisotopic (exact) mass is 286 g/mol. The van der Waals surface area contributed by atoms with Crippen LogP contribution in [0.25, 0.3) is 0 Å². The number of nitrogens with zero attached hydrogens (tertiary/aromatic N) is 1. The Kier molecular flexibility index (Phi) is 5.79. The van der Waals surface area contributed by atoms with Crippen molar-refractivity contribution >= 4 is 23.5 Å². The molecule has 2 rings (SSSR count). The molecule has 0 saturated carbocycles. The maximum absolute atomic E-state index is 13.9. The highest BCUT2D eigenvalue weighted by Crippen LogP contribution is 2.34. The fourth-order valence-electron chi connectivity index (χ4n) is 2.08. The smallest absolute Gasteiger partial charge is 0.146 e. The van der Waals surface area contributed by atoms with E-state index in [-0.39, 0.29) is 11.9 Å². The Morgan fingerprint density at radius 3 is 3.11 bits per heavy atom. The van der Waals surface area contributed by atoms with Crippen molar-refractivity contribution in [3.8, 4) is 0 Å². The Bertz CT molecular complexity index is 370. The first-order valence-corrected chi connectivity index (χ1v) is 8.55. The van der Waals surface area contributed by atoms with Gasteiger partial charge in [-0.15, -0.1) is 0 Å². The summed E-state index contributed by atoms with van der Waals surface area (Å²) in [6, 6.07) is 1.91. The molecule has 18 heavy (non-hydrogen) atoms. The summed E-state index contributed by atoms with van der Waals surface area (Å²) in [7, 11) is 0. The second-order valence-electron chi connectivity index (χ2n) is 4.31. The molecule has 1 N–H and O–H groups in total. The van der Waals surface area contributed by atoms with E-state index in [4.69, 9.17) is 0 Å². The standard InChI is InChI=1S/C13H19FN2S2/c1-2-4-16-13(12-9-17-6-7-18-12)10-3-5-15-8-11(10)14/h3,5,8,12-13,16H,2,4,6-7,9H2,1H3. The van der Waals surface area contributed by atoms with Crippen LogP contribution in [0.4, 0.5) is 4.39 Å². The third kappa shape index (κ3) is 3.62. The first-order chi connectivity index (χ1) is 8.83. The van der Waals surface area contributed by atoms with Crippen molar-refractivity contribution in [3.05, 3.63) is 29.8 Å². The van der Waals surface area contributed by atoms with Crippen LogP contribution < -0.4 is 5.32 Å². The lowest BCUT2D eigenvalue weighted by atomic mass is 10.0. The molecule has 2 heterocycles. The fourth-order valence-corrected chi connectivity index (χ4v) is 4.94. The minimum Gasteiger partial charge on any atom is -0.309 e. The van der Waals surface area contributed by atoms with Crippen LogP contribution in [0.2, 0.25) is 0 Å². The van der Waals surface area contributed by atoms with Crippen molar-refractivity contribution < 1.29 is 4.39 Å². The number of thioether (sulfide) groups is 2. The van der Waals surface area contributed by atoms with Crippen molar-refractivity contribution in [3.63, 3.8) is 0 Å². The molecule has 1 fully saturated rings. The summed E-state index contributed by atoms with van der Waals surface area (Å²) in [5.41, 5.74) is 0.762. The summed E-state index contributed by atoms with van der Waals surface area (Å²) in [6.45, 7) is 3.06. The van der Waals surface area contributed by atoms with Crippen LogP contribution in [0, 0.1) is 5.82 Å². The van der Waals surface area contributed by atoms with Crippen molar-refractivity contribution in [1.82, 2.24) is 10.3 Å². The molecule has 5 heteroatoms. The molecule has 1 aromatic rings. The fraction of sp³-hybridized carbons (Fsp3) is 0.615. The van der Waals surface area contributed by atoms with Gasteiger partial charge in [0, 0.05) is 40.3 Å². The molecule has 0 aromatic carbocycles. The normalized spacial score (nSPS) is 21.8. The van der Waals surface area contributed by atoms with Crippen LogP contribution >= 0.6 is 23.5 Å². The van der Waals surface area contributed by atoms with Crippen LogP contribution in [0.5, 0.6) is 0 Å². The van der Waals surface area contributed by atoms with E-state index in [1.807, 2.05) is 29.6 Å². The van der Waals surface area contributed by atoms with Crippen molar-refractivity contribution in [2.75, 3.05) is 23.8 Å². The average Bonchev–Trinajstić information content (AvgIpc) is 2.42. The lowest BCUT2D eigenvalue weighted by Gasteiger charge is -2.30. The van der Waals surface area contributed by atoms with Gasteiger partial charge in [-0.2, -0.15) is 23.5 Å². The second kappa shape index (κ2) is 7.36. The topological polar surface area (TPSA) is 24.9 Å². The quantitative estimate of drug-likeness (QED) is 0.899. The molecule has 0 bridgehead atoms. The van der Waals surface area contributed by atoms with Gasteiger partial charge in [0.05, 0.1) is 6.20 Å². The molecule has 0 radical (unpaired) electrons. The minimum atomic E-state index is -0.192. The molecule has 100 valence electrons. The number of halogens is 1. The Morgan fingerprint density at radius 2 is 2.44 bits per heavy atom. The molecule has 1 aliphatic rings. The number of hydrogen-bond donors (Lipinski definition) is 1. The summed E-state index contributed by atoms with van der Waals surface area (Å²) in [5.74, 6) is 3.27. The van der Waals surface area contributed by atoms with Gasteiger partial charge in [0.15, 0.2) is 0 Å². The van der Waals surface area contributed by atoms with Gasteiger partial charge in [-0.05, 0) is 19.0 Å². The Hall–Kier alpha value is -0.260. The Labute approximate surface area is 117 Å². The van der Waals surface area contributed by atoms with E-state index in [9.17, 15) is 4.39 Å². The third-order valence-corrected chi connectivity index (χ3v) is 5.83. The van der Waals surface area contributed by atoms with Gasteiger partial charge in [0.25, 0.3) is 0 Å². The van der Waals surface area contributed by atoms with Gasteiger partial charge in [0.1, 0.15) is 5.82 Å². The molecule has 1 saturated heterocycles. The first-order valence-electron chi connectivity index (χ1n) is 6.35. The molecule has 0 amide bonds. The molecular weight excluding hydrogens is 267 g/mol. The summed E-state index contributed by atoms with van der Waals surface area (Å²) in [5, 5.41) is 3.95. The van der Waals surface area contributed by atoms with Crippen LogP contribution in [0.15, 0.2) is 18.5 Å². The van der Waals surface area contributed by atoms with Crippen molar-refractivity contribution in [1.29, 1.82) is 0 Å². The van der Waals surface area contributed by atoms with Gasteiger partial charge in [-0.1, -0.05) is 6.92 Å². The average molecular weight is 286 g/mol. The highest BCUT2D eigenvalue weighted by Gasteiger charge is 2.27. The third-order valence-electron chi connectivity index (χ3n) is 2.97. The highest BCUT2D eigenvalue weighted by atomic mass is 32.2. The molecule has 1 aromatic heterocycles. The zero-order valence-corrected chi connectivity index (χ0v) is 12.2. The molecule has 1 aliphatic heterocycles. The number of hydrogen-bond acceptors (Lipinski definition) is 4. The predicted molar refractivity (Wildman–Crippen MR) is 78.8 cm³/mol. The number of nitrogens with one attached hydrogen (secondary N) is 1. The van der Waals surface area contributed by atoms with E-state index in [0.29, 0.717) is 5.25 Å². The van der Waals surface area contributed by atoms with Crippen LogP contribution in [0.1, 0.15) is 24.9 Å². The van der Waals surface area contributed by atoms with Gasteiger partial charge >= 0.3 is 0 Å². The number of aromatic nitrogens is 1. The summed E-state index contributed by atoms with van der Waals surface area (Å²) in [6.07, 6.45) is 4.06. The zero-order valence-electron chi connectivity index (χ0n) is 10.6. The predicted octanol–water partition coefficient (Wildman–Crippen LogP) is 3.11. The van der Waals surface area contributed by atoms with Crippen molar-refractivity contribution in [2.45, 2.75) is 24.6 Å². The minimum absolute atomic E-state index is 0.103. The zero-order chi connectivity index (χ0) is 12.8. The molecular formula is C13H19FN2S2. The summed E-state index contributed by atoms with van der Waals surface area (Å²) >= 11 is 3.92. The second-order valence-corrected chi connectivity index (χ2v) is 6.81. The Morgan fingerprint density at radius 1 is 1.56 bits per heavy atom. The van der Waals surface area contributed by atoms with Gasteiger partial charge in [0.2, 0.25) is 0 Å². The molecule has 2 nitrogen and oxygen atoms in total. The van der Waals surface area contributed by atoms with Gasteiger partial charge in [-0.3, -0.25) is 4.98 Å². The molecule has 0 spiro atoms. The lowest BCUT2D eigenvalue weighted by molar-refractivity contribution is 0.496. The molecule has 2 unspecified atom stereocenters. The van der Waals surface area contributed by atoms with Gasteiger partial charge in [-0.25, -0.2) is 4.39 Å². The highest BCUT2D eigenvalue weighted by molar-refractivity contribution is 8.06. The summed E-state index contributed by atoms with van der Waals surface area (Å²) in [4.78, 5) is 3.84. The molecule has 2 atom stereocenters. The van der Waals surface area contributed by atoms with E-state index in [2.05, 4.69) is 17.2 Å².